The molecule has 2 amide bonds. The van der Waals surface area contributed by atoms with Gasteiger partial charge in [-0.1, -0.05) is 32.1 Å². The first-order valence-corrected chi connectivity index (χ1v) is 7.47. The number of amides is 2. The monoisotopic (exact) mass is 254 g/mol. The zero-order chi connectivity index (χ0) is 12.8. The molecule has 4 nitrogen and oxygen atoms in total. The molecule has 2 atom stereocenters. The van der Waals surface area contributed by atoms with E-state index in [4.69, 9.17) is 0 Å². The lowest BCUT2D eigenvalue weighted by molar-refractivity contribution is 0.152. The van der Waals surface area contributed by atoms with Crippen LogP contribution < -0.4 is 10.6 Å². The molecule has 2 aliphatic carbocycles. The largest absolute Gasteiger partial charge is 0.396 e. The van der Waals surface area contributed by atoms with Crippen molar-refractivity contribution in [2.24, 2.45) is 5.92 Å². The summed E-state index contributed by atoms with van der Waals surface area (Å²) in [6.45, 7) is 0.189. The van der Waals surface area contributed by atoms with Crippen molar-refractivity contribution in [1.82, 2.24) is 10.6 Å². The Labute approximate surface area is 110 Å². The molecular formula is C14H26N2O2. The summed E-state index contributed by atoms with van der Waals surface area (Å²) >= 11 is 0. The van der Waals surface area contributed by atoms with E-state index in [0.717, 1.165) is 32.1 Å². The van der Waals surface area contributed by atoms with Gasteiger partial charge in [-0.25, -0.2) is 4.79 Å². The second-order valence-corrected chi connectivity index (χ2v) is 5.79. The minimum atomic E-state index is -0.0350. The molecule has 2 saturated carbocycles. The van der Waals surface area contributed by atoms with Gasteiger partial charge in [0.25, 0.3) is 0 Å². The number of aliphatic hydroxyl groups is 1. The summed E-state index contributed by atoms with van der Waals surface area (Å²) < 4.78 is 0. The van der Waals surface area contributed by atoms with E-state index in [1.54, 1.807) is 0 Å². The van der Waals surface area contributed by atoms with Gasteiger partial charge in [0.1, 0.15) is 0 Å². The van der Waals surface area contributed by atoms with Gasteiger partial charge in [-0.3, -0.25) is 0 Å². The lowest BCUT2D eigenvalue weighted by atomic mass is 9.85. The molecule has 0 radical (unpaired) electrons. The second kappa shape index (κ2) is 6.98. The average molecular weight is 254 g/mol. The van der Waals surface area contributed by atoms with Crippen LogP contribution in [-0.2, 0) is 0 Å². The topological polar surface area (TPSA) is 61.4 Å². The molecule has 2 aliphatic rings. The number of nitrogens with one attached hydrogen (secondary N) is 2. The van der Waals surface area contributed by atoms with E-state index in [0.29, 0.717) is 6.04 Å². The molecule has 0 bridgehead atoms. The molecule has 104 valence electrons. The first-order chi connectivity index (χ1) is 8.79. The molecule has 2 fully saturated rings. The number of carbonyl (C=O) groups is 1. The predicted molar refractivity (Wildman–Crippen MR) is 71.4 cm³/mol. The fourth-order valence-electron chi connectivity index (χ4n) is 3.26. The van der Waals surface area contributed by atoms with Crippen molar-refractivity contribution in [3.63, 3.8) is 0 Å². The zero-order valence-corrected chi connectivity index (χ0v) is 11.2. The number of hydrogen-bond acceptors (Lipinski definition) is 2. The van der Waals surface area contributed by atoms with Gasteiger partial charge in [0.05, 0.1) is 0 Å². The van der Waals surface area contributed by atoms with Crippen LogP contribution in [0.3, 0.4) is 0 Å². The van der Waals surface area contributed by atoms with Gasteiger partial charge in [0.15, 0.2) is 0 Å². The van der Waals surface area contributed by atoms with Crippen molar-refractivity contribution < 1.29 is 9.90 Å². The second-order valence-electron chi connectivity index (χ2n) is 5.79. The van der Waals surface area contributed by atoms with Crippen molar-refractivity contribution in [3.8, 4) is 0 Å². The highest BCUT2D eigenvalue weighted by molar-refractivity contribution is 5.74. The number of carbonyl (C=O) groups excluding carboxylic acids is 1. The van der Waals surface area contributed by atoms with Crippen LogP contribution in [0.2, 0.25) is 0 Å². The molecule has 0 spiro atoms. The van der Waals surface area contributed by atoms with Gasteiger partial charge in [0.2, 0.25) is 0 Å². The first-order valence-electron chi connectivity index (χ1n) is 7.47. The average Bonchev–Trinajstić information content (AvgIpc) is 2.40. The van der Waals surface area contributed by atoms with E-state index in [9.17, 15) is 9.90 Å². The minimum absolute atomic E-state index is 0.0350. The van der Waals surface area contributed by atoms with E-state index in [-0.39, 0.29) is 24.6 Å². The molecule has 18 heavy (non-hydrogen) atoms. The molecule has 0 aromatic heterocycles. The van der Waals surface area contributed by atoms with Crippen molar-refractivity contribution >= 4 is 6.03 Å². The Morgan fingerprint density at radius 1 is 0.944 bits per heavy atom. The fourth-order valence-corrected chi connectivity index (χ4v) is 3.26. The summed E-state index contributed by atoms with van der Waals surface area (Å²) in [5, 5.41) is 15.5. The van der Waals surface area contributed by atoms with Crippen LogP contribution >= 0.6 is 0 Å². The summed E-state index contributed by atoms with van der Waals surface area (Å²) in [4.78, 5) is 11.9. The molecule has 0 saturated heterocycles. The van der Waals surface area contributed by atoms with Crippen LogP contribution in [0.15, 0.2) is 0 Å². The molecule has 4 heteroatoms. The van der Waals surface area contributed by atoms with Crippen LogP contribution in [0.1, 0.15) is 57.8 Å². The van der Waals surface area contributed by atoms with Crippen LogP contribution in [0.25, 0.3) is 0 Å². The van der Waals surface area contributed by atoms with E-state index in [1.807, 2.05) is 0 Å². The smallest absolute Gasteiger partial charge is 0.315 e. The van der Waals surface area contributed by atoms with Crippen LogP contribution in [-0.4, -0.2) is 29.8 Å². The van der Waals surface area contributed by atoms with Crippen molar-refractivity contribution in [3.05, 3.63) is 0 Å². The Kier molecular flexibility index (Phi) is 5.29. The number of urea groups is 1. The lowest BCUT2D eigenvalue weighted by Gasteiger charge is -2.32. The molecule has 2 unspecified atom stereocenters. The molecule has 0 aliphatic heterocycles. The van der Waals surface area contributed by atoms with Crippen LogP contribution in [0, 0.1) is 5.92 Å². The normalized spacial score (nSPS) is 29.8. The highest BCUT2D eigenvalue weighted by atomic mass is 16.3. The highest BCUT2D eigenvalue weighted by Crippen LogP contribution is 2.24. The lowest BCUT2D eigenvalue weighted by Crippen LogP contribution is -2.50. The molecule has 3 N–H and O–H groups in total. The maximum Gasteiger partial charge on any atom is 0.315 e. The number of rotatable bonds is 3. The summed E-state index contributed by atoms with van der Waals surface area (Å²) in [7, 11) is 0. The zero-order valence-electron chi connectivity index (χ0n) is 11.2. The quantitative estimate of drug-likeness (QED) is 0.723. The van der Waals surface area contributed by atoms with Crippen LogP contribution in [0.4, 0.5) is 4.79 Å². The summed E-state index contributed by atoms with van der Waals surface area (Å²) in [5.74, 6) is 0.246. The fraction of sp³-hybridized carbons (Fsp3) is 0.929. The molecular weight excluding hydrogens is 228 g/mol. The summed E-state index contributed by atoms with van der Waals surface area (Å²) in [6.07, 6.45) is 10.4. The van der Waals surface area contributed by atoms with Gasteiger partial charge in [-0.2, -0.15) is 0 Å². The van der Waals surface area contributed by atoms with Crippen molar-refractivity contribution in [2.75, 3.05) is 6.61 Å². The Morgan fingerprint density at radius 3 is 2.33 bits per heavy atom. The van der Waals surface area contributed by atoms with E-state index in [1.165, 1.54) is 25.7 Å². The van der Waals surface area contributed by atoms with Gasteiger partial charge >= 0.3 is 6.03 Å². The van der Waals surface area contributed by atoms with Crippen molar-refractivity contribution in [2.45, 2.75) is 69.9 Å². The third kappa shape index (κ3) is 3.87. The molecule has 0 aromatic rings. The Balaban J connectivity index is 1.75. The van der Waals surface area contributed by atoms with Gasteiger partial charge in [-0.15, -0.1) is 0 Å². The Bertz CT molecular complexity index is 265. The third-order valence-electron chi connectivity index (χ3n) is 4.40. The van der Waals surface area contributed by atoms with E-state index >= 15 is 0 Å². The van der Waals surface area contributed by atoms with E-state index in [2.05, 4.69) is 10.6 Å². The summed E-state index contributed by atoms with van der Waals surface area (Å²) in [5.41, 5.74) is 0. The molecule has 0 aromatic carbocycles. The Morgan fingerprint density at radius 2 is 1.61 bits per heavy atom. The minimum Gasteiger partial charge on any atom is -0.396 e. The first kappa shape index (κ1) is 13.7. The van der Waals surface area contributed by atoms with Crippen LogP contribution in [0.5, 0.6) is 0 Å². The Hall–Kier alpha value is -0.770. The van der Waals surface area contributed by atoms with Crippen molar-refractivity contribution in [1.29, 1.82) is 0 Å². The standard InChI is InChI=1S/C14H26N2O2/c17-10-11-6-4-5-9-13(11)16-14(18)15-12-7-2-1-3-8-12/h11-13,17H,1-10H2,(H2,15,16,18). The van der Waals surface area contributed by atoms with Gasteiger partial charge in [-0.05, 0) is 25.7 Å². The SMILES string of the molecule is O=C(NC1CCCCC1)NC1CCCCC1CO. The number of hydrogen-bond donors (Lipinski definition) is 3. The maximum absolute atomic E-state index is 11.9. The molecule has 2 rings (SSSR count). The summed E-state index contributed by atoms with van der Waals surface area (Å²) in [6, 6.07) is 0.481. The van der Waals surface area contributed by atoms with E-state index < -0.39 is 0 Å². The number of aliphatic hydroxyl groups excluding tert-OH is 1. The molecule has 0 heterocycles. The van der Waals surface area contributed by atoms with Gasteiger partial charge < -0.3 is 15.7 Å². The third-order valence-corrected chi connectivity index (χ3v) is 4.40. The maximum atomic E-state index is 11.9. The predicted octanol–water partition coefficient (Wildman–Crippen LogP) is 2.17. The van der Waals surface area contributed by atoms with Gasteiger partial charge in [0, 0.05) is 24.6 Å². The highest BCUT2D eigenvalue weighted by Gasteiger charge is 2.26.